The van der Waals surface area contributed by atoms with Gasteiger partial charge >= 0.3 is 0 Å². The van der Waals surface area contributed by atoms with E-state index in [0.29, 0.717) is 0 Å². The van der Waals surface area contributed by atoms with Crippen molar-refractivity contribution in [1.82, 2.24) is 10.1 Å². The third-order valence-electron chi connectivity index (χ3n) is 4.35. The number of nitrogens with zero attached hydrogens (tertiary/aromatic N) is 2. The number of anilines is 2. The second-order valence-electron chi connectivity index (χ2n) is 6.28. The Kier molecular flexibility index (Phi) is 4.10. The van der Waals surface area contributed by atoms with Crippen molar-refractivity contribution >= 4 is 32.4 Å². The van der Waals surface area contributed by atoms with Gasteiger partial charge in [-0.1, -0.05) is 59.0 Å². The summed E-state index contributed by atoms with van der Waals surface area (Å²) in [6.07, 6.45) is 0. The van der Waals surface area contributed by atoms with E-state index < -0.39 is 0 Å². The largest absolute Gasteiger partial charge is 0.356 e. The monoisotopic (exact) mass is 387 g/mol. The lowest BCUT2D eigenvalue weighted by Gasteiger charge is -2.03. The Balaban J connectivity index is 1.36. The molecule has 136 valence electrons. The van der Waals surface area contributed by atoms with Gasteiger partial charge in [-0.3, -0.25) is 0 Å². The van der Waals surface area contributed by atoms with E-state index in [9.17, 15) is 4.39 Å². The summed E-state index contributed by atoms with van der Waals surface area (Å²) in [4.78, 5) is 4.48. The van der Waals surface area contributed by atoms with Crippen LogP contribution >= 0.6 is 11.3 Å². The number of benzene rings is 3. The van der Waals surface area contributed by atoms with Gasteiger partial charge in [-0.25, -0.2) is 9.37 Å². The lowest BCUT2D eigenvalue weighted by Crippen LogP contribution is -1.88. The van der Waals surface area contributed by atoms with Crippen molar-refractivity contribution in [1.29, 1.82) is 0 Å². The fourth-order valence-electron chi connectivity index (χ4n) is 2.95. The zero-order chi connectivity index (χ0) is 18.9. The molecule has 3 aromatic carbocycles. The first-order valence-corrected chi connectivity index (χ1v) is 9.52. The Labute approximate surface area is 164 Å². The van der Waals surface area contributed by atoms with Crippen molar-refractivity contribution in [2.75, 3.05) is 5.32 Å². The average Bonchev–Trinajstić information content (AvgIpc) is 3.36. The van der Waals surface area contributed by atoms with Gasteiger partial charge in [-0.05, 0) is 30.3 Å². The maximum absolute atomic E-state index is 13.3. The molecule has 5 aromatic rings. The number of aromatic nitrogens is 2. The van der Waals surface area contributed by atoms with Crippen molar-refractivity contribution in [2.24, 2.45) is 0 Å². The van der Waals surface area contributed by atoms with E-state index >= 15 is 0 Å². The van der Waals surface area contributed by atoms with Gasteiger partial charge in [0.1, 0.15) is 11.5 Å². The molecule has 5 rings (SSSR count). The van der Waals surface area contributed by atoms with Gasteiger partial charge in [0.2, 0.25) is 0 Å². The SMILES string of the molecule is Fc1ccc2nc(Nc3ccc(-c4cc(-c5ccccc5)on4)cc3)sc2c1. The highest BCUT2D eigenvalue weighted by atomic mass is 32.1. The summed E-state index contributed by atoms with van der Waals surface area (Å²) in [5.41, 5.74) is 4.41. The molecule has 0 spiro atoms. The number of halogens is 1. The molecule has 0 amide bonds. The van der Waals surface area contributed by atoms with Crippen molar-refractivity contribution < 1.29 is 8.91 Å². The van der Waals surface area contributed by atoms with Crippen molar-refractivity contribution in [2.45, 2.75) is 0 Å². The molecule has 4 nitrogen and oxygen atoms in total. The second-order valence-corrected chi connectivity index (χ2v) is 7.31. The first kappa shape index (κ1) is 16.6. The molecule has 0 unspecified atom stereocenters. The smallest absolute Gasteiger partial charge is 0.188 e. The van der Waals surface area contributed by atoms with Crippen LogP contribution in [-0.2, 0) is 0 Å². The molecule has 0 atom stereocenters. The highest BCUT2D eigenvalue weighted by Crippen LogP contribution is 2.30. The highest BCUT2D eigenvalue weighted by molar-refractivity contribution is 7.22. The Hall–Kier alpha value is -3.51. The van der Waals surface area contributed by atoms with Gasteiger partial charge in [0.15, 0.2) is 10.9 Å². The summed E-state index contributed by atoms with van der Waals surface area (Å²) < 4.78 is 19.6. The van der Waals surface area contributed by atoms with Crippen LogP contribution in [0.4, 0.5) is 15.2 Å². The molecule has 1 N–H and O–H groups in total. The molecule has 28 heavy (non-hydrogen) atoms. The highest BCUT2D eigenvalue weighted by Gasteiger charge is 2.09. The number of nitrogens with one attached hydrogen (secondary N) is 1. The van der Waals surface area contributed by atoms with Crippen molar-refractivity contribution in [3.8, 4) is 22.6 Å². The quantitative estimate of drug-likeness (QED) is 0.382. The van der Waals surface area contributed by atoms with Crippen LogP contribution in [0, 0.1) is 5.82 Å². The molecular weight excluding hydrogens is 373 g/mol. The minimum absolute atomic E-state index is 0.255. The standard InChI is InChI=1S/C22H14FN3OS/c23-16-8-11-18-21(12-16)28-22(25-18)24-17-9-6-14(7-10-17)19-13-20(27-26-19)15-4-2-1-3-5-15/h1-13H,(H,24,25). The lowest BCUT2D eigenvalue weighted by molar-refractivity contribution is 0.435. The van der Waals surface area contributed by atoms with Crippen LogP contribution in [0.25, 0.3) is 32.8 Å². The van der Waals surface area contributed by atoms with E-state index in [-0.39, 0.29) is 5.82 Å². The minimum atomic E-state index is -0.255. The number of thiazole rings is 1. The molecule has 0 saturated carbocycles. The average molecular weight is 387 g/mol. The summed E-state index contributed by atoms with van der Waals surface area (Å²) in [5, 5.41) is 8.16. The van der Waals surface area contributed by atoms with E-state index in [2.05, 4.69) is 15.5 Å². The first-order chi connectivity index (χ1) is 13.7. The van der Waals surface area contributed by atoms with Crippen LogP contribution in [0.2, 0.25) is 0 Å². The van der Waals surface area contributed by atoms with Gasteiger partial charge in [0.25, 0.3) is 0 Å². The summed E-state index contributed by atoms with van der Waals surface area (Å²) in [6.45, 7) is 0. The third-order valence-corrected chi connectivity index (χ3v) is 5.28. The summed E-state index contributed by atoms with van der Waals surface area (Å²) >= 11 is 1.42. The van der Waals surface area contributed by atoms with Crippen LogP contribution in [0.1, 0.15) is 0 Å². The Morgan fingerprint density at radius 1 is 0.857 bits per heavy atom. The van der Waals surface area contributed by atoms with Gasteiger partial charge in [0.05, 0.1) is 10.2 Å². The molecule has 0 bridgehead atoms. The third kappa shape index (κ3) is 3.25. The van der Waals surface area contributed by atoms with E-state index in [1.54, 1.807) is 6.07 Å². The first-order valence-electron chi connectivity index (χ1n) is 8.70. The summed E-state index contributed by atoms with van der Waals surface area (Å²) in [7, 11) is 0. The fourth-order valence-corrected chi connectivity index (χ4v) is 3.86. The van der Waals surface area contributed by atoms with Crippen LogP contribution in [0.3, 0.4) is 0 Å². The maximum atomic E-state index is 13.3. The van der Waals surface area contributed by atoms with Crippen LogP contribution in [-0.4, -0.2) is 10.1 Å². The lowest BCUT2D eigenvalue weighted by atomic mass is 10.1. The fraction of sp³-hybridized carbons (Fsp3) is 0. The zero-order valence-electron chi connectivity index (χ0n) is 14.6. The molecule has 0 aliphatic rings. The molecular formula is C22H14FN3OS. The predicted molar refractivity (Wildman–Crippen MR) is 110 cm³/mol. The molecule has 0 aliphatic carbocycles. The van der Waals surface area contributed by atoms with Gasteiger partial charge in [-0.15, -0.1) is 0 Å². The van der Waals surface area contributed by atoms with Crippen molar-refractivity contribution in [3.05, 3.63) is 84.7 Å². The Morgan fingerprint density at radius 2 is 1.68 bits per heavy atom. The number of hydrogen-bond donors (Lipinski definition) is 1. The maximum Gasteiger partial charge on any atom is 0.188 e. The summed E-state index contributed by atoms with van der Waals surface area (Å²) in [5.74, 6) is 0.481. The van der Waals surface area contributed by atoms with Crippen LogP contribution < -0.4 is 5.32 Å². The van der Waals surface area contributed by atoms with Gasteiger partial charge in [-0.2, -0.15) is 0 Å². The van der Waals surface area contributed by atoms with E-state index in [1.807, 2.05) is 60.7 Å². The van der Waals surface area contributed by atoms with Gasteiger partial charge in [0, 0.05) is 22.9 Å². The van der Waals surface area contributed by atoms with Gasteiger partial charge < -0.3 is 9.84 Å². The predicted octanol–water partition coefficient (Wildman–Crippen LogP) is 6.50. The second kappa shape index (κ2) is 6.90. The molecule has 6 heteroatoms. The van der Waals surface area contributed by atoms with Crippen molar-refractivity contribution in [3.63, 3.8) is 0 Å². The molecule has 0 radical (unpaired) electrons. The van der Waals surface area contributed by atoms with Crippen LogP contribution in [0.5, 0.6) is 0 Å². The molecule has 2 heterocycles. The normalized spacial score (nSPS) is 11.0. The van der Waals surface area contributed by atoms with E-state index in [1.165, 1.54) is 23.5 Å². The van der Waals surface area contributed by atoms with Crippen LogP contribution in [0.15, 0.2) is 83.4 Å². The Morgan fingerprint density at radius 3 is 2.50 bits per heavy atom. The zero-order valence-corrected chi connectivity index (χ0v) is 15.4. The number of rotatable bonds is 4. The number of hydrogen-bond acceptors (Lipinski definition) is 5. The molecule has 2 aromatic heterocycles. The minimum Gasteiger partial charge on any atom is -0.356 e. The topological polar surface area (TPSA) is 51.0 Å². The summed E-state index contributed by atoms with van der Waals surface area (Å²) in [6, 6.07) is 24.3. The molecule has 0 fully saturated rings. The Bertz CT molecular complexity index is 1250. The molecule has 0 aliphatic heterocycles. The molecule has 0 saturated heterocycles. The number of fused-ring (bicyclic) bond motifs is 1. The van der Waals surface area contributed by atoms with E-state index in [0.717, 1.165) is 43.6 Å². The van der Waals surface area contributed by atoms with E-state index in [4.69, 9.17) is 4.52 Å².